The monoisotopic (exact) mass is 281 g/mol. The van der Waals surface area contributed by atoms with Crippen molar-refractivity contribution < 1.29 is 4.79 Å². The molecule has 0 aliphatic carbocycles. The van der Waals surface area contributed by atoms with Crippen LogP contribution in [0.1, 0.15) is 11.1 Å². The summed E-state index contributed by atoms with van der Waals surface area (Å²) in [6.07, 6.45) is 0. The topological polar surface area (TPSA) is 44.4 Å². The molecule has 0 unspecified atom stereocenters. The Morgan fingerprint density at radius 3 is 2.76 bits per heavy atom. The molecule has 0 fully saturated rings. The largest absolute Gasteiger partial charge is 0.330 e. The lowest BCUT2D eigenvalue weighted by atomic mass is 10.1. The Labute approximate surface area is 124 Å². The van der Waals surface area contributed by atoms with E-state index in [1.165, 1.54) is 11.1 Å². The van der Waals surface area contributed by atoms with E-state index in [1.807, 2.05) is 31.3 Å². The zero-order valence-electron chi connectivity index (χ0n) is 12.3. The minimum absolute atomic E-state index is 0.0207. The van der Waals surface area contributed by atoms with Crippen LogP contribution in [-0.4, -0.2) is 19.5 Å². The van der Waals surface area contributed by atoms with Crippen molar-refractivity contribution in [3.8, 4) is 0 Å². The summed E-state index contributed by atoms with van der Waals surface area (Å²) < 4.78 is 0. The lowest BCUT2D eigenvalue weighted by molar-refractivity contribution is -0.115. The summed E-state index contributed by atoms with van der Waals surface area (Å²) in [6, 6.07) is 14.3. The van der Waals surface area contributed by atoms with Gasteiger partial charge in [-0.05, 0) is 43.3 Å². The summed E-state index contributed by atoms with van der Waals surface area (Å²) in [5, 5.41) is 6.08. The standard InChI is InChI=1S/C17H19N3O/c1-12-9-13(10-18-2)7-8-15(12)20-11-17(21)19-14-5-3-4-6-16(14)20/h3-9,18H,10-11H2,1-2H3,(H,19,21). The first-order chi connectivity index (χ1) is 10.2. The third-order valence-electron chi connectivity index (χ3n) is 3.70. The second-order valence-corrected chi connectivity index (χ2v) is 5.30. The summed E-state index contributed by atoms with van der Waals surface area (Å²) in [4.78, 5) is 14.0. The van der Waals surface area contributed by atoms with Gasteiger partial charge in [0, 0.05) is 12.2 Å². The van der Waals surface area contributed by atoms with Gasteiger partial charge >= 0.3 is 0 Å². The molecule has 1 amide bonds. The molecule has 2 N–H and O–H groups in total. The van der Waals surface area contributed by atoms with Gasteiger partial charge in [-0.1, -0.05) is 24.3 Å². The van der Waals surface area contributed by atoms with Crippen LogP contribution in [0.15, 0.2) is 42.5 Å². The maximum absolute atomic E-state index is 11.9. The minimum Gasteiger partial charge on any atom is -0.330 e. The van der Waals surface area contributed by atoms with Gasteiger partial charge in [0.05, 0.1) is 11.4 Å². The van der Waals surface area contributed by atoms with Crippen molar-refractivity contribution in [3.63, 3.8) is 0 Å². The van der Waals surface area contributed by atoms with E-state index in [0.717, 1.165) is 23.6 Å². The number of carbonyl (C=O) groups is 1. The average molecular weight is 281 g/mol. The van der Waals surface area contributed by atoms with E-state index < -0.39 is 0 Å². The molecule has 0 radical (unpaired) electrons. The van der Waals surface area contributed by atoms with Gasteiger partial charge in [0.2, 0.25) is 5.91 Å². The van der Waals surface area contributed by atoms with Crippen molar-refractivity contribution in [2.45, 2.75) is 13.5 Å². The number of hydrogen-bond acceptors (Lipinski definition) is 3. The second-order valence-electron chi connectivity index (χ2n) is 5.30. The Bertz CT molecular complexity index is 681. The zero-order valence-corrected chi connectivity index (χ0v) is 12.3. The molecule has 4 heteroatoms. The number of rotatable bonds is 3. The highest BCUT2D eigenvalue weighted by Crippen LogP contribution is 2.36. The van der Waals surface area contributed by atoms with Gasteiger partial charge in [-0.15, -0.1) is 0 Å². The fraction of sp³-hybridized carbons (Fsp3) is 0.235. The maximum Gasteiger partial charge on any atom is 0.244 e. The number of benzene rings is 2. The first-order valence-corrected chi connectivity index (χ1v) is 7.09. The molecular formula is C17H19N3O. The fourth-order valence-corrected chi connectivity index (χ4v) is 2.78. The van der Waals surface area contributed by atoms with Crippen LogP contribution in [0.2, 0.25) is 0 Å². The van der Waals surface area contributed by atoms with Crippen LogP contribution in [0, 0.1) is 6.92 Å². The number of anilines is 3. The summed E-state index contributed by atoms with van der Waals surface area (Å²) in [5.41, 5.74) is 5.41. The summed E-state index contributed by atoms with van der Waals surface area (Å²) in [5.74, 6) is 0.0207. The molecule has 0 atom stereocenters. The molecular weight excluding hydrogens is 262 g/mol. The Hall–Kier alpha value is -2.33. The number of fused-ring (bicyclic) bond motifs is 1. The highest BCUT2D eigenvalue weighted by Gasteiger charge is 2.23. The molecule has 1 heterocycles. The summed E-state index contributed by atoms with van der Waals surface area (Å²) >= 11 is 0. The lowest BCUT2D eigenvalue weighted by Crippen LogP contribution is -2.35. The van der Waals surface area contributed by atoms with Crippen LogP contribution < -0.4 is 15.5 Å². The van der Waals surface area contributed by atoms with Gasteiger partial charge in [-0.2, -0.15) is 0 Å². The smallest absolute Gasteiger partial charge is 0.244 e. The Balaban J connectivity index is 2.02. The number of aryl methyl sites for hydroxylation is 1. The van der Waals surface area contributed by atoms with Gasteiger partial charge in [-0.25, -0.2) is 0 Å². The second kappa shape index (κ2) is 5.58. The molecule has 0 spiro atoms. The van der Waals surface area contributed by atoms with Gasteiger partial charge in [0.15, 0.2) is 0 Å². The van der Waals surface area contributed by atoms with Crippen LogP contribution in [0.4, 0.5) is 17.1 Å². The maximum atomic E-state index is 11.9. The highest BCUT2D eigenvalue weighted by atomic mass is 16.2. The molecule has 1 aliphatic rings. The molecule has 2 aromatic carbocycles. The molecule has 3 rings (SSSR count). The van der Waals surface area contributed by atoms with Gasteiger partial charge in [0.25, 0.3) is 0 Å². The van der Waals surface area contributed by atoms with E-state index in [9.17, 15) is 4.79 Å². The number of hydrogen-bond donors (Lipinski definition) is 2. The number of nitrogens with one attached hydrogen (secondary N) is 2. The van der Waals surface area contributed by atoms with Crippen molar-refractivity contribution in [2.75, 3.05) is 23.8 Å². The molecule has 0 saturated heterocycles. The van der Waals surface area contributed by atoms with Crippen LogP contribution in [-0.2, 0) is 11.3 Å². The highest BCUT2D eigenvalue weighted by molar-refractivity contribution is 6.03. The molecule has 1 aliphatic heterocycles. The Kier molecular flexibility index (Phi) is 3.62. The minimum atomic E-state index is 0.0207. The first-order valence-electron chi connectivity index (χ1n) is 7.09. The fourth-order valence-electron chi connectivity index (χ4n) is 2.78. The van der Waals surface area contributed by atoms with E-state index in [-0.39, 0.29) is 5.91 Å². The molecule has 2 aromatic rings. The van der Waals surface area contributed by atoms with E-state index in [0.29, 0.717) is 6.54 Å². The quantitative estimate of drug-likeness (QED) is 0.909. The molecule has 0 bridgehead atoms. The number of amides is 1. The van der Waals surface area contributed by atoms with Crippen LogP contribution in [0.5, 0.6) is 0 Å². The van der Waals surface area contributed by atoms with Crippen molar-refractivity contribution in [2.24, 2.45) is 0 Å². The molecule has 21 heavy (non-hydrogen) atoms. The molecule has 0 saturated carbocycles. The third-order valence-corrected chi connectivity index (χ3v) is 3.70. The van der Waals surface area contributed by atoms with E-state index in [2.05, 4.69) is 40.7 Å². The lowest BCUT2D eigenvalue weighted by Gasteiger charge is -2.32. The third kappa shape index (κ3) is 2.62. The summed E-state index contributed by atoms with van der Waals surface area (Å²) in [6.45, 7) is 3.28. The van der Waals surface area contributed by atoms with Crippen molar-refractivity contribution in [1.82, 2.24) is 5.32 Å². The van der Waals surface area contributed by atoms with Crippen molar-refractivity contribution in [3.05, 3.63) is 53.6 Å². The zero-order chi connectivity index (χ0) is 14.8. The molecule has 0 aromatic heterocycles. The number of carbonyl (C=O) groups excluding carboxylic acids is 1. The Morgan fingerprint density at radius 2 is 2.00 bits per heavy atom. The SMILES string of the molecule is CNCc1ccc(N2CC(=O)Nc3ccccc32)c(C)c1. The molecule has 108 valence electrons. The van der Waals surface area contributed by atoms with Gasteiger partial charge in [0.1, 0.15) is 6.54 Å². The van der Waals surface area contributed by atoms with E-state index in [1.54, 1.807) is 0 Å². The Morgan fingerprint density at radius 1 is 1.19 bits per heavy atom. The normalized spacial score (nSPS) is 13.8. The van der Waals surface area contributed by atoms with Gasteiger partial charge in [-0.3, -0.25) is 4.79 Å². The first kappa shape index (κ1) is 13.6. The van der Waals surface area contributed by atoms with Crippen LogP contribution in [0.3, 0.4) is 0 Å². The number of para-hydroxylation sites is 2. The predicted octanol–water partition coefficient (Wildman–Crippen LogP) is 2.80. The van der Waals surface area contributed by atoms with Crippen molar-refractivity contribution in [1.29, 1.82) is 0 Å². The van der Waals surface area contributed by atoms with Crippen LogP contribution in [0.25, 0.3) is 0 Å². The van der Waals surface area contributed by atoms with Gasteiger partial charge < -0.3 is 15.5 Å². The number of nitrogens with zero attached hydrogens (tertiary/aromatic N) is 1. The average Bonchev–Trinajstić information content (AvgIpc) is 2.47. The van der Waals surface area contributed by atoms with Crippen molar-refractivity contribution >= 4 is 23.0 Å². The van der Waals surface area contributed by atoms with Crippen LogP contribution >= 0.6 is 0 Å². The summed E-state index contributed by atoms with van der Waals surface area (Å²) in [7, 11) is 1.94. The predicted molar refractivity (Wildman–Crippen MR) is 86.0 cm³/mol. The molecule has 4 nitrogen and oxygen atoms in total. The van der Waals surface area contributed by atoms with E-state index >= 15 is 0 Å². The van der Waals surface area contributed by atoms with E-state index in [4.69, 9.17) is 0 Å².